The minimum absolute atomic E-state index is 0.00668. The number of fused-ring (bicyclic) bond motifs is 6. The van der Waals surface area contributed by atoms with E-state index in [0.29, 0.717) is 30.3 Å². The first-order valence-corrected chi connectivity index (χ1v) is 17.2. The molecule has 0 N–H and O–H groups in total. The molecular weight excluding hydrogens is 548 g/mol. The normalized spacial score (nSPS) is 42.7. The van der Waals surface area contributed by atoms with Crippen molar-refractivity contribution >= 4 is 17.7 Å². The van der Waals surface area contributed by atoms with Crippen molar-refractivity contribution in [3.8, 4) is 0 Å². The molecular formula is C39H54O5. The number of Topliss-reactive ketones (excluding diaryl/α,β-unsaturated/α-hetero) is 1. The number of hydrogen-bond donors (Lipinski definition) is 0. The Morgan fingerprint density at radius 3 is 2.23 bits per heavy atom. The molecule has 6 rings (SSSR count). The van der Waals surface area contributed by atoms with E-state index in [2.05, 4.69) is 48.5 Å². The standard InChI is InChI=1S/C39H54O5/c1-25(40)44-31-15-16-37(6)27-14-17-38(7)30-23-35(4,24-43-33(42)26-12-10-9-11-13-26)18-19-36(30,5)20-21-39(38,8)32(27)28(41)22-29(37)34(31,2)3/h9-13,29-31H,14-24H2,1-8H3/t29-,30+,31+,35+,36+,37+,38-,39+/m0/s1. The third kappa shape index (κ3) is 4.56. The van der Waals surface area contributed by atoms with Gasteiger partial charge in [0.15, 0.2) is 5.78 Å². The summed E-state index contributed by atoms with van der Waals surface area (Å²) < 4.78 is 11.8. The Morgan fingerprint density at radius 2 is 1.55 bits per heavy atom. The molecule has 3 saturated carbocycles. The molecule has 0 aromatic heterocycles. The Bertz CT molecular complexity index is 1390. The summed E-state index contributed by atoms with van der Waals surface area (Å²) in [6.07, 6.45) is 9.66. The molecule has 0 aliphatic heterocycles. The number of rotatable bonds is 4. The maximum Gasteiger partial charge on any atom is 0.338 e. The predicted octanol–water partition coefficient (Wildman–Crippen LogP) is 8.90. The van der Waals surface area contributed by atoms with Gasteiger partial charge in [-0.1, -0.05) is 72.2 Å². The first kappa shape index (κ1) is 31.5. The van der Waals surface area contributed by atoms with Gasteiger partial charge in [0.25, 0.3) is 0 Å². The van der Waals surface area contributed by atoms with Gasteiger partial charge in [-0.3, -0.25) is 9.59 Å². The van der Waals surface area contributed by atoms with Gasteiger partial charge in [0.2, 0.25) is 0 Å². The predicted molar refractivity (Wildman–Crippen MR) is 172 cm³/mol. The average Bonchev–Trinajstić information content (AvgIpc) is 2.97. The molecule has 8 atom stereocenters. The van der Waals surface area contributed by atoms with Gasteiger partial charge in [-0.25, -0.2) is 4.79 Å². The Labute approximate surface area is 264 Å². The zero-order valence-corrected chi connectivity index (χ0v) is 28.4. The fourth-order valence-electron chi connectivity index (χ4n) is 11.5. The van der Waals surface area contributed by atoms with Gasteiger partial charge in [0, 0.05) is 35.2 Å². The topological polar surface area (TPSA) is 69.7 Å². The van der Waals surface area contributed by atoms with E-state index in [1.54, 1.807) is 0 Å². The molecule has 0 spiro atoms. The van der Waals surface area contributed by atoms with Crippen LogP contribution in [0.4, 0.5) is 0 Å². The molecule has 0 heterocycles. The van der Waals surface area contributed by atoms with Crippen LogP contribution in [0.15, 0.2) is 41.5 Å². The van der Waals surface area contributed by atoms with Crippen LogP contribution in [0, 0.1) is 44.3 Å². The third-order valence-electron chi connectivity index (χ3n) is 14.5. The SMILES string of the molecule is CC(=O)O[C@@H]1CC[C@]2(C)C3=C(C(=O)C[C@H]2C1(C)C)[C@@]1(C)CC[C@@]2(C)CC[C@@](C)(COC(=O)c4ccccc4)C[C@H]2[C@]1(C)CC3. The molecule has 1 aromatic rings. The first-order valence-electron chi connectivity index (χ1n) is 17.2. The van der Waals surface area contributed by atoms with E-state index in [0.717, 1.165) is 63.4 Å². The smallest absolute Gasteiger partial charge is 0.338 e. The van der Waals surface area contributed by atoms with E-state index in [1.807, 2.05) is 30.3 Å². The van der Waals surface area contributed by atoms with Gasteiger partial charge in [-0.05, 0) is 98.0 Å². The summed E-state index contributed by atoms with van der Waals surface area (Å²) >= 11 is 0. The zero-order chi connectivity index (χ0) is 31.9. The van der Waals surface area contributed by atoms with Crippen LogP contribution < -0.4 is 0 Å². The lowest BCUT2D eigenvalue weighted by Crippen LogP contribution is -2.63. The van der Waals surface area contributed by atoms with E-state index in [9.17, 15) is 14.4 Å². The van der Waals surface area contributed by atoms with Crippen molar-refractivity contribution in [1.82, 2.24) is 0 Å². The van der Waals surface area contributed by atoms with Crippen LogP contribution in [0.3, 0.4) is 0 Å². The summed E-state index contributed by atoms with van der Waals surface area (Å²) in [4.78, 5) is 39.4. The van der Waals surface area contributed by atoms with E-state index in [1.165, 1.54) is 12.5 Å². The van der Waals surface area contributed by atoms with Crippen molar-refractivity contribution in [2.45, 2.75) is 126 Å². The van der Waals surface area contributed by atoms with Crippen molar-refractivity contribution in [3.63, 3.8) is 0 Å². The average molecular weight is 603 g/mol. The molecule has 44 heavy (non-hydrogen) atoms. The van der Waals surface area contributed by atoms with Gasteiger partial charge in [-0.2, -0.15) is 0 Å². The molecule has 0 unspecified atom stereocenters. The highest BCUT2D eigenvalue weighted by atomic mass is 16.5. The maximum absolute atomic E-state index is 14.5. The van der Waals surface area contributed by atoms with E-state index in [4.69, 9.17) is 9.47 Å². The van der Waals surface area contributed by atoms with Crippen LogP contribution in [-0.4, -0.2) is 30.4 Å². The quantitative estimate of drug-likeness (QED) is 0.322. The van der Waals surface area contributed by atoms with Gasteiger partial charge in [0.1, 0.15) is 6.10 Å². The number of carbonyl (C=O) groups excluding carboxylic acids is 3. The fourth-order valence-corrected chi connectivity index (χ4v) is 11.5. The number of ether oxygens (including phenoxy) is 2. The highest BCUT2D eigenvalue weighted by Gasteiger charge is 2.67. The molecule has 0 amide bonds. The number of ketones is 1. The van der Waals surface area contributed by atoms with Gasteiger partial charge in [0.05, 0.1) is 12.2 Å². The summed E-state index contributed by atoms with van der Waals surface area (Å²) in [5, 5.41) is 0. The highest BCUT2D eigenvalue weighted by molar-refractivity contribution is 5.99. The number of esters is 2. The van der Waals surface area contributed by atoms with Crippen LogP contribution in [0.2, 0.25) is 0 Å². The van der Waals surface area contributed by atoms with Crippen LogP contribution in [0.25, 0.3) is 0 Å². The largest absolute Gasteiger partial charge is 0.462 e. The molecule has 5 nitrogen and oxygen atoms in total. The second kappa shape index (κ2) is 10.3. The Morgan fingerprint density at radius 1 is 0.864 bits per heavy atom. The summed E-state index contributed by atoms with van der Waals surface area (Å²) in [5.41, 5.74) is 2.83. The second-order valence-electron chi connectivity index (χ2n) is 17.3. The van der Waals surface area contributed by atoms with Gasteiger partial charge >= 0.3 is 11.9 Å². The third-order valence-corrected chi connectivity index (χ3v) is 14.5. The summed E-state index contributed by atoms with van der Waals surface area (Å²) in [7, 11) is 0. The Hall–Kier alpha value is -2.43. The Balaban J connectivity index is 1.31. The molecule has 5 aliphatic rings. The fraction of sp³-hybridized carbons (Fsp3) is 0.718. The summed E-state index contributed by atoms with van der Waals surface area (Å²) in [6, 6.07) is 9.31. The zero-order valence-electron chi connectivity index (χ0n) is 28.4. The molecule has 240 valence electrons. The monoisotopic (exact) mass is 602 g/mol. The van der Waals surface area contributed by atoms with Crippen molar-refractivity contribution in [2.75, 3.05) is 6.61 Å². The number of carbonyl (C=O) groups is 3. The van der Waals surface area contributed by atoms with Gasteiger partial charge < -0.3 is 9.47 Å². The molecule has 5 heteroatoms. The number of benzene rings is 1. The maximum atomic E-state index is 14.5. The lowest BCUT2D eigenvalue weighted by molar-refractivity contribution is -0.174. The van der Waals surface area contributed by atoms with Crippen LogP contribution in [-0.2, 0) is 19.1 Å². The molecule has 0 bridgehead atoms. The Kier molecular flexibility index (Phi) is 7.38. The minimum atomic E-state index is -0.262. The highest BCUT2D eigenvalue weighted by Crippen LogP contribution is 2.74. The molecule has 3 fully saturated rings. The lowest BCUT2D eigenvalue weighted by atomic mass is 9.35. The molecule has 5 aliphatic carbocycles. The van der Waals surface area contributed by atoms with Crippen molar-refractivity contribution in [1.29, 1.82) is 0 Å². The molecule has 0 radical (unpaired) electrons. The summed E-state index contributed by atoms with van der Waals surface area (Å²) in [5.74, 6) is 0.486. The van der Waals surface area contributed by atoms with Crippen molar-refractivity contribution in [3.05, 3.63) is 47.0 Å². The van der Waals surface area contributed by atoms with Crippen LogP contribution >= 0.6 is 0 Å². The van der Waals surface area contributed by atoms with Crippen molar-refractivity contribution in [2.24, 2.45) is 44.3 Å². The number of allylic oxidation sites excluding steroid dienone is 2. The van der Waals surface area contributed by atoms with E-state index >= 15 is 0 Å². The number of hydrogen-bond acceptors (Lipinski definition) is 5. The van der Waals surface area contributed by atoms with Crippen molar-refractivity contribution < 1.29 is 23.9 Å². The van der Waals surface area contributed by atoms with E-state index < -0.39 is 0 Å². The minimum Gasteiger partial charge on any atom is -0.462 e. The lowest BCUT2D eigenvalue weighted by Gasteiger charge is -2.69. The first-order chi connectivity index (χ1) is 20.5. The van der Waals surface area contributed by atoms with Gasteiger partial charge in [-0.15, -0.1) is 0 Å². The molecule has 0 saturated heterocycles. The molecule has 1 aromatic carbocycles. The van der Waals surface area contributed by atoms with Crippen LogP contribution in [0.5, 0.6) is 0 Å². The van der Waals surface area contributed by atoms with Crippen LogP contribution in [0.1, 0.15) is 130 Å². The second-order valence-corrected chi connectivity index (χ2v) is 17.3. The van der Waals surface area contributed by atoms with E-state index in [-0.39, 0.29) is 56.5 Å². The summed E-state index contributed by atoms with van der Waals surface area (Å²) in [6.45, 7) is 18.5.